The molecule has 0 N–H and O–H groups in total. The fourth-order valence-corrected chi connectivity index (χ4v) is 3.69. The lowest BCUT2D eigenvalue weighted by molar-refractivity contribution is 0.101. The predicted octanol–water partition coefficient (Wildman–Crippen LogP) is 6.21. The van der Waals surface area contributed by atoms with Gasteiger partial charge in [-0.1, -0.05) is 41.4 Å². The van der Waals surface area contributed by atoms with Gasteiger partial charge >= 0.3 is 0 Å². The summed E-state index contributed by atoms with van der Waals surface area (Å²) in [4.78, 5) is 12.8. The van der Waals surface area contributed by atoms with Gasteiger partial charge in [-0.3, -0.25) is 4.79 Å². The summed E-state index contributed by atoms with van der Waals surface area (Å²) in [6.07, 6.45) is 1.64. The van der Waals surface area contributed by atoms with Crippen LogP contribution in [0.2, 0.25) is 10.0 Å². The van der Waals surface area contributed by atoms with Crippen LogP contribution in [0.5, 0.6) is 23.0 Å². The van der Waals surface area contributed by atoms with Gasteiger partial charge in [-0.2, -0.15) is 0 Å². The number of para-hydroxylation sites is 1. The molecule has 0 atom stereocenters. The second kappa shape index (κ2) is 8.92. The van der Waals surface area contributed by atoms with Gasteiger partial charge in [-0.25, -0.2) is 0 Å². The molecule has 158 valence electrons. The zero-order chi connectivity index (χ0) is 22.0. The molecule has 3 aromatic rings. The summed E-state index contributed by atoms with van der Waals surface area (Å²) in [6, 6.07) is 15.7. The molecular weight excluding hydrogens is 439 g/mol. The van der Waals surface area contributed by atoms with E-state index >= 15 is 0 Å². The highest BCUT2D eigenvalue weighted by atomic mass is 35.5. The number of ketones is 1. The first kappa shape index (κ1) is 21.1. The smallest absolute Gasteiger partial charge is 0.231 e. The SMILES string of the molecule is COc1cccc(/C=C2\Oc3cc(OCc4ccc(Cl)cc4Cl)ccc3C2=O)c1OC. The Kier molecular flexibility index (Phi) is 6.07. The van der Waals surface area contributed by atoms with E-state index in [9.17, 15) is 4.79 Å². The van der Waals surface area contributed by atoms with Crippen LogP contribution in [0.15, 0.2) is 60.4 Å². The van der Waals surface area contributed by atoms with Crippen molar-refractivity contribution in [2.24, 2.45) is 0 Å². The normalized spacial score (nSPS) is 13.7. The number of fused-ring (bicyclic) bond motifs is 1. The van der Waals surface area contributed by atoms with Gasteiger partial charge in [0, 0.05) is 27.2 Å². The van der Waals surface area contributed by atoms with Gasteiger partial charge in [-0.05, 0) is 36.4 Å². The molecule has 0 aliphatic carbocycles. The van der Waals surface area contributed by atoms with Gasteiger partial charge in [0.25, 0.3) is 0 Å². The van der Waals surface area contributed by atoms with Crippen LogP contribution in [0.4, 0.5) is 0 Å². The molecule has 0 radical (unpaired) electrons. The van der Waals surface area contributed by atoms with Crippen LogP contribution in [-0.2, 0) is 6.61 Å². The fraction of sp³-hybridized carbons (Fsp3) is 0.125. The van der Waals surface area contributed by atoms with E-state index in [2.05, 4.69) is 0 Å². The molecule has 0 amide bonds. The minimum atomic E-state index is -0.216. The maximum atomic E-state index is 12.8. The minimum Gasteiger partial charge on any atom is -0.493 e. The number of benzene rings is 3. The first-order chi connectivity index (χ1) is 15.0. The van der Waals surface area contributed by atoms with Crippen molar-refractivity contribution in [3.63, 3.8) is 0 Å². The standard InChI is InChI=1S/C24H18Cl2O5/c1-28-20-5-3-4-14(24(20)29-2)10-22-23(27)18-9-8-17(12-21(18)31-22)30-13-15-6-7-16(25)11-19(15)26/h3-12H,13H2,1-2H3/b22-10-. The molecule has 0 aromatic heterocycles. The first-order valence-electron chi connectivity index (χ1n) is 9.36. The average Bonchev–Trinajstić information content (AvgIpc) is 3.07. The van der Waals surface area contributed by atoms with Gasteiger partial charge in [-0.15, -0.1) is 0 Å². The Morgan fingerprint density at radius 1 is 1.00 bits per heavy atom. The van der Waals surface area contributed by atoms with E-state index in [0.29, 0.717) is 44.2 Å². The topological polar surface area (TPSA) is 54.0 Å². The molecule has 0 saturated heterocycles. The third kappa shape index (κ3) is 4.33. The Labute approximate surface area is 189 Å². The first-order valence-corrected chi connectivity index (χ1v) is 10.1. The number of allylic oxidation sites excluding steroid dienone is 1. The van der Waals surface area contributed by atoms with E-state index in [0.717, 1.165) is 5.56 Å². The molecule has 1 aliphatic rings. The quantitative estimate of drug-likeness (QED) is 0.412. The lowest BCUT2D eigenvalue weighted by Gasteiger charge is -2.10. The summed E-state index contributed by atoms with van der Waals surface area (Å²) in [5.41, 5.74) is 1.94. The number of carbonyl (C=O) groups excluding carboxylic acids is 1. The van der Waals surface area contributed by atoms with Crippen LogP contribution < -0.4 is 18.9 Å². The van der Waals surface area contributed by atoms with Crippen molar-refractivity contribution in [3.8, 4) is 23.0 Å². The van der Waals surface area contributed by atoms with Crippen LogP contribution >= 0.6 is 23.2 Å². The molecule has 4 rings (SSSR count). The summed E-state index contributed by atoms with van der Waals surface area (Å²) >= 11 is 12.1. The number of hydrogen-bond donors (Lipinski definition) is 0. The van der Waals surface area contributed by atoms with Crippen LogP contribution in [0, 0.1) is 0 Å². The second-order valence-electron chi connectivity index (χ2n) is 6.70. The number of ether oxygens (including phenoxy) is 4. The molecule has 1 heterocycles. The van der Waals surface area contributed by atoms with Gasteiger partial charge in [0.05, 0.1) is 19.8 Å². The highest BCUT2D eigenvalue weighted by Crippen LogP contribution is 2.38. The monoisotopic (exact) mass is 456 g/mol. The molecule has 0 spiro atoms. The van der Waals surface area contributed by atoms with Crippen molar-refractivity contribution in [2.45, 2.75) is 6.61 Å². The van der Waals surface area contributed by atoms with E-state index < -0.39 is 0 Å². The predicted molar refractivity (Wildman–Crippen MR) is 120 cm³/mol. The molecule has 0 bridgehead atoms. The van der Waals surface area contributed by atoms with Crippen molar-refractivity contribution in [2.75, 3.05) is 14.2 Å². The summed E-state index contributed by atoms with van der Waals surface area (Å²) in [6.45, 7) is 0.256. The zero-order valence-corrected chi connectivity index (χ0v) is 18.3. The molecule has 1 aliphatic heterocycles. The Bertz CT molecular complexity index is 1190. The molecule has 0 saturated carbocycles. The summed E-state index contributed by atoms with van der Waals surface area (Å²) in [5, 5.41) is 1.09. The van der Waals surface area contributed by atoms with Gasteiger partial charge < -0.3 is 18.9 Å². The Balaban J connectivity index is 1.55. The molecule has 5 nitrogen and oxygen atoms in total. The molecule has 3 aromatic carbocycles. The van der Waals surface area contributed by atoms with Crippen LogP contribution in [0.1, 0.15) is 21.5 Å². The van der Waals surface area contributed by atoms with Crippen LogP contribution in [-0.4, -0.2) is 20.0 Å². The van der Waals surface area contributed by atoms with Crippen molar-refractivity contribution in [1.82, 2.24) is 0 Å². The van der Waals surface area contributed by atoms with Crippen molar-refractivity contribution in [1.29, 1.82) is 0 Å². The van der Waals surface area contributed by atoms with Gasteiger partial charge in [0.1, 0.15) is 18.1 Å². The summed E-state index contributed by atoms with van der Waals surface area (Å²) in [7, 11) is 3.10. The maximum absolute atomic E-state index is 12.8. The minimum absolute atomic E-state index is 0.194. The Morgan fingerprint density at radius 2 is 1.84 bits per heavy atom. The lowest BCUT2D eigenvalue weighted by atomic mass is 10.1. The third-order valence-corrected chi connectivity index (χ3v) is 5.36. The van der Waals surface area contributed by atoms with Crippen LogP contribution in [0.25, 0.3) is 6.08 Å². The van der Waals surface area contributed by atoms with Gasteiger partial charge in [0.2, 0.25) is 5.78 Å². The van der Waals surface area contributed by atoms with E-state index in [-0.39, 0.29) is 18.1 Å². The molecule has 0 fully saturated rings. The fourth-order valence-electron chi connectivity index (χ4n) is 3.22. The van der Waals surface area contributed by atoms with Crippen molar-refractivity contribution < 1.29 is 23.7 Å². The Morgan fingerprint density at radius 3 is 2.58 bits per heavy atom. The van der Waals surface area contributed by atoms with Crippen molar-refractivity contribution >= 4 is 35.1 Å². The number of Topliss-reactive ketones (excluding diaryl/α,β-unsaturated/α-hetero) is 1. The Hall–Kier alpha value is -3.15. The van der Waals surface area contributed by atoms with E-state index in [1.165, 1.54) is 0 Å². The average molecular weight is 457 g/mol. The van der Waals surface area contributed by atoms with Crippen molar-refractivity contribution in [3.05, 3.63) is 87.1 Å². The van der Waals surface area contributed by atoms with E-state index in [4.69, 9.17) is 42.1 Å². The third-order valence-electron chi connectivity index (χ3n) is 4.77. The number of hydrogen-bond acceptors (Lipinski definition) is 5. The number of carbonyl (C=O) groups is 1. The lowest BCUT2D eigenvalue weighted by Crippen LogP contribution is -1.99. The highest BCUT2D eigenvalue weighted by Gasteiger charge is 2.28. The van der Waals surface area contributed by atoms with E-state index in [1.54, 1.807) is 62.8 Å². The highest BCUT2D eigenvalue weighted by molar-refractivity contribution is 6.35. The number of rotatable bonds is 6. The van der Waals surface area contributed by atoms with Gasteiger partial charge in [0.15, 0.2) is 17.3 Å². The molecular formula is C24H18Cl2O5. The van der Waals surface area contributed by atoms with Crippen LogP contribution in [0.3, 0.4) is 0 Å². The van der Waals surface area contributed by atoms with E-state index in [1.807, 2.05) is 12.1 Å². The largest absolute Gasteiger partial charge is 0.493 e. The number of halogens is 2. The maximum Gasteiger partial charge on any atom is 0.231 e. The molecule has 7 heteroatoms. The molecule has 31 heavy (non-hydrogen) atoms. The molecule has 0 unspecified atom stereocenters. The second-order valence-corrected chi connectivity index (χ2v) is 7.55. The summed E-state index contributed by atoms with van der Waals surface area (Å²) in [5.74, 6) is 2.05. The number of methoxy groups -OCH3 is 2. The zero-order valence-electron chi connectivity index (χ0n) is 16.8. The summed E-state index contributed by atoms with van der Waals surface area (Å²) < 4.78 is 22.4.